The lowest BCUT2D eigenvalue weighted by atomic mass is 9.73. The van der Waals surface area contributed by atoms with Crippen molar-refractivity contribution >= 4 is 34.7 Å². The minimum Gasteiger partial charge on any atom is -0.369 e. The van der Waals surface area contributed by atoms with Crippen LogP contribution in [0.3, 0.4) is 0 Å². The van der Waals surface area contributed by atoms with Crippen LogP contribution in [-0.2, 0) is 4.79 Å². The van der Waals surface area contributed by atoms with Crippen molar-refractivity contribution in [3.8, 4) is 0 Å². The maximum absolute atomic E-state index is 12.5. The topological polar surface area (TPSA) is 112 Å². The van der Waals surface area contributed by atoms with Gasteiger partial charge in [-0.05, 0) is 38.5 Å². The van der Waals surface area contributed by atoms with Gasteiger partial charge in [-0.15, -0.1) is 4.48 Å². The molecule has 2 aliphatic rings. The van der Waals surface area contributed by atoms with Gasteiger partial charge in [-0.2, -0.15) is 0 Å². The number of carbonyl (C=O) groups excluding carboxylic acids is 1. The second kappa shape index (κ2) is 12.1. The van der Waals surface area contributed by atoms with Crippen molar-refractivity contribution in [2.45, 2.75) is 75.8 Å². The Labute approximate surface area is 181 Å². The first-order chi connectivity index (χ1) is 13.4. The number of halogens is 2. The minimum atomic E-state index is 0.0271. The van der Waals surface area contributed by atoms with Gasteiger partial charge in [-0.25, -0.2) is 0 Å². The van der Waals surface area contributed by atoms with E-state index in [2.05, 4.69) is 20.6 Å². The van der Waals surface area contributed by atoms with Crippen LogP contribution in [0, 0.1) is 0 Å². The fourth-order valence-corrected chi connectivity index (χ4v) is 4.74. The number of rotatable bonds is 9. The first kappa shape index (κ1) is 23.6. The largest absolute Gasteiger partial charge is 0.369 e. The smallest absolute Gasteiger partial charge is 0.220 e. The van der Waals surface area contributed by atoms with Gasteiger partial charge in [0.1, 0.15) is 0 Å². The molecule has 0 aromatic carbocycles. The van der Waals surface area contributed by atoms with E-state index in [0.29, 0.717) is 25.6 Å². The number of hydrogen-bond acceptors (Lipinski definition) is 5. The molecule has 0 bridgehead atoms. The van der Waals surface area contributed by atoms with E-state index >= 15 is 0 Å². The van der Waals surface area contributed by atoms with Crippen LogP contribution < -0.4 is 22.2 Å². The Bertz CT molecular complexity index is 514. The van der Waals surface area contributed by atoms with E-state index < -0.39 is 0 Å². The summed E-state index contributed by atoms with van der Waals surface area (Å²) in [6.07, 6.45) is 10.5. The highest BCUT2D eigenvalue weighted by atomic mass is 127. The van der Waals surface area contributed by atoms with Crippen molar-refractivity contribution in [2.24, 2.45) is 16.5 Å². The molecule has 1 aliphatic heterocycles. The van der Waals surface area contributed by atoms with E-state index in [9.17, 15) is 9.28 Å². The summed E-state index contributed by atoms with van der Waals surface area (Å²) in [4.78, 5) is 18.6. The van der Waals surface area contributed by atoms with E-state index in [1.54, 1.807) is 0 Å². The molecule has 0 aromatic heterocycles. The Morgan fingerprint density at radius 1 is 1.32 bits per heavy atom. The number of hydrogen-bond donors (Lipinski definition) is 4. The number of likely N-dealkylation sites (tertiary alicyclic amines) is 1. The number of piperidine rings is 1. The molecule has 2 rings (SSSR count). The Kier molecular flexibility index (Phi) is 10.2. The van der Waals surface area contributed by atoms with E-state index in [0.717, 1.165) is 38.8 Å². The van der Waals surface area contributed by atoms with E-state index in [-0.39, 0.29) is 20.9 Å². The number of guanidine groups is 1. The third kappa shape index (κ3) is 7.96. The Hall–Kier alpha value is -0.720. The number of unbranched alkanes of at least 4 members (excludes halogenated alkanes) is 1. The molecule has 1 spiro atoms. The molecular weight excluding hydrogens is 476 g/mol. The maximum atomic E-state index is 12.5. The van der Waals surface area contributed by atoms with Crippen LogP contribution in [0.15, 0.2) is 4.99 Å². The number of nitrogens with zero attached hydrogens (tertiary/aromatic N) is 3. The molecule has 1 amide bonds. The summed E-state index contributed by atoms with van der Waals surface area (Å²) in [6.45, 7) is 3.10. The molecule has 6 N–H and O–H groups in total. The molecule has 1 heterocycles. The number of hydrazine groups is 1. The fourth-order valence-electron chi connectivity index (χ4n) is 4.49. The molecule has 162 valence electrons. The number of nitrogens with two attached hydrogens (primary N) is 2. The SMILES string of the molecule is NC(=NCCCCC(=O)NCCN1CCC(N)CC12CCCCC2)NN(F)I. The molecule has 1 atom stereocenters. The van der Waals surface area contributed by atoms with Crippen LogP contribution in [0.5, 0.6) is 0 Å². The summed E-state index contributed by atoms with van der Waals surface area (Å²) < 4.78 is 12.7. The monoisotopic (exact) mass is 511 g/mol. The van der Waals surface area contributed by atoms with Crippen molar-refractivity contribution in [2.75, 3.05) is 26.2 Å². The molecule has 1 saturated carbocycles. The summed E-state index contributed by atoms with van der Waals surface area (Å²) in [5.74, 6) is 0.0999. The molecule has 1 aliphatic carbocycles. The fraction of sp³-hybridized carbons (Fsp3) is 0.889. The number of amides is 1. The van der Waals surface area contributed by atoms with Crippen molar-refractivity contribution in [1.82, 2.24) is 19.1 Å². The van der Waals surface area contributed by atoms with Crippen molar-refractivity contribution in [3.05, 3.63) is 0 Å². The van der Waals surface area contributed by atoms with Crippen molar-refractivity contribution < 1.29 is 9.28 Å². The van der Waals surface area contributed by atoms with Crippen molar-refractivity contribution in [1.29, 1.82) is 0 Å². The first-order valence-electron chi connectivity index (χ1n) is 10.4. The normalized spacial score (nSPS) is 23.1. The Balaban J connectivity index is 1.62. The average molecular weight is 511 g/mol. The van der Waals surface area contributed by atoms with E-state index in [1.807, 2.05) is 0 Å². The third-order valence-corrected chi connectivity index (χ3v) is 6.11. The molecule has 10 heteroatoms. The highest BCUT2D eigenvalue weighted by Crippen LogP contribution is 2.39. The van der Waals surface area contributed by atoms with Crippen LogP contribution >= 0.6 is 22.9 Å². The number of carbonyl (C=O) groups is 1. The van der Waals surface area contributed by atoms with Crippen LogP contribution in [0.1, 0.15) is 64.2 Å². The number of nitrogens with one attached hydrogen (secondary N) is 2. The summed E-state index contributed by atoms with van der Waals surface area (Å²) >= 11 is 1.41. The molecular formula is C18H35FIN7O. The summed E-state index contributed by atoms with van der Waals surface area (Å²) in [7, 11) is 0. The van der Waals surface area contributed by atoms with Crippen LogP contribution in [-0.4, -0.2) is 58.0 Å². The molecule has 28 heavy (non-hydrogen) atoms. The van der Waals surface area contributed by atoms with E-state index in [1.165, 1.54) is 55.0 Å². The summed E-state index contributed by atoms with van der Waals surface area (Å²) in [5.41, 5.74) is 14.2. The lowest BCUT2D eigenvalue weighted by molar-refractivity contribution is -0.121. The maximum Gasteiger partial charge on any atom is 0.220 e. The van der Waals surface area contributed by atoms with Gasteiger partial charge < -0.3 is 16.8 Å². The molecule has 0 aromatic rings. The molecule has 0 radical (unpaired) electrons. The highest BCUT2D eigenvalue weighted by Gasteiger charge is 2.41. The second-order valence-corrected chi connectivity index (χ2v) is 8.79. The van der Waals surface area contributed by atoms with Crippen LogP contribution in [0.4, 0.5) is 4.48 Å². The number of aliphatic imine (C=N–C) groups is 1. The van der Waals surface area contributed by atoms with Gasteiger partial charge in [0, 0.05) is 47.6 Å². The minimum absolute atomic E-state index is 0.0271. The van der Waals surface area contributed by atoms with Gasteiger partial charge in [0.25, 0.3) is 0 Å². The second-order valence-electron chi connectivity index (χ2n) is 7.94. The first-order valence-corrected chi connectivity index (χ1v) is 11.3. The van der Waals surface area contributed by atoms with Gasteiger partial charge in [-0.3, -0.25) is 20.1 Å². The van der Waals surface area contributed by atoms with E-state index in [4.69, 9.17) is 11.5 Å². The zero-order valence-corrected chi connectivity index (χ0v) is 18.8. The highest BCUT2D eigenvalue weighted by molar-refractivity contribution is 14.1. The van der Waals surface area contributed by atoms with Gasteiger partial charge in [0.2, 0.25) is 11.9 Å². The predicted octanol–water partition coefficient (Wildman–Crippen LogP) is 1.75. The quantitative estimate of drug-likeness (QED) is 0.0938. The molecule has 1 unspecified atom stereocenters. The van der Waals surface area contributed by atoms with Crippen LogP contribution in [0.25, 0.3) is 0 Å². The molecule has 1 saturated heterocycles. The standard InChI is InChI=1S/C18H35FIN7O/c19-27(20)25-17(22)24-10-5-2-6-16(28)23-11-13-26-12-7-15(21)14-18(26)8-3-1-4-9-18/h15H,1-14,21H2,(H,23,28)(H3,22,24,25). The Morgan fingerprint density at radius 3 is 2.79 bits per heavy atom. The van der Waals surface area contributed by atoms with Gasteiger partial charge in [0.05, 0.1) is 22.9 Å². The van der Waals surface area contributed by atoms with Gasteiger partial charge in [0.15, 0.2) is 0 Å². The zero-order valence-electron chi connectivity index (χ0n) is 16.6. The molecule has 8 nitrogen and oxygen atoms in total. The lowest BCUT2D eigenvalue weighted by Crippen LogP contribution is -2.59. The van der Waals surface area contributed by atoms with Crippen LogP contribution in [0.2, 0.25) is 0 Å². The zero-order chi connectivity index (χ0) is 20.4. The van der Waals surface area contributed by atoms with Crippen molar-refractivity contribution in [3.63, 3.8) is 0 Å². The summed E-state index contributed by atoms with van der Waals surface area (Å²) in [6, 6.07) is 0.320. The third-order valence-electron chi connectivity index (χ3n) is 5.86. The Morgan fingerprint density at radius 2 is 2.07 bits per heavy atom. The predicted molar refractivity (Wildman–Crippen MR) is 118 cm³/mol. The summed E-state index contributed by atoms with van der Waals surface area (Å²) in [5, 5.41) is 3.05. The van der Waals surface area contributed by atoms with Gasteiger partial charge >= 0.3 is 0 Å². The molecule has 2 fully saturated rings. The van der Waals surface area contributed by atoms with Gasteiger partial charge in [-0.1, -0.05) is 19.3 Å². The average Bonchev–Trinajstić information content (AvgIpc) is 2.63. The lowest BCUT2D eigenvalue weighted by Gasteiger charge is -2.51.